The van der Waals surface area contributed by atoms with Gasteiger partial charge in [-0.15, -0.1) is 0 Å². The van der Waals surface area contributed by atoms with Gasteiger partial charge in [0.25, 0.3) is 0 Å². The summed E-state index contributed by atoms with van der Waals surface area (Å²) >= 11 is 0. The third-order valence-corrected chi connectivity index (χ3v) is 5.65. The van der Waals surface area contributed by atoms with Gasteiger partial charge >= 0.3 is 0 Å². The first-order valence-electron chi connectivity index (χ1n) is 8.33. The van der Waals surface area contributed by atoms with E-state index in [0.29, 0.717) is 18.1 Å². The molecule has 0 amide bonds. The molecule has 1 heterocycles. The average Bonchev–Trinajstić information content (AvgIpc) is 2.48. The molecule has 2 nitrogen and oxygen atoms in total. The minimum absolute atomic E-state index is 0.165. The van der Waals surface area contributed by atoms with Crippen molar-refractivity contribution in [3.63, 3.8) is 0 Å². The number of nitrogens with one attached hydrogen (secondary N) is 1. The molecule has 0 spiro atoms. The van der Waals surface area contributed by atoms with Crippen LogP contribution in [0.4, 0.5) is 0 Å². The lowest BCUT2D eigenvalue weighted by atomic mass is 9.55. The average molecular weight is 287 g/mol. The van der Waals surface area contributed by atoms with Gasteiger partial charge in [0, 0.05) is 35.9 Å². The molecule has 1 aromatic carbocycles. The van der Waals surface area contributed by atoms with E-state index in [1.165, 1.54) is 18.4 Å². The molecular weight excluding hydrogens is 258 g/mol. The van der Waals surface area contributed by atoms with Crippen LogP contribution < -0.4 is 5.32 Å². The Balaban J connectivity index is 1.65. The predicted molar refractivity (Wildman–Crippen MR) is 87.5 cm³/mol. The lowest BCUT2D eigenvalue weighted by molar-refractivity contribution is -0.193. The van der Waals surface area contributed by atoms with Crippen LogP contribution in [0.25, 0.3) is 0 Å². The van der Waals surface area contributed by atoms with Crippen LogP contribution in [0, 0.1) is 11.3 Å². The first kappa shape index (κ1) is 15.1. The van der Waals surface area contributed by atoms with Crippen LogP contribution in [0.2, 0.25) is 0 Å². The van der Waals surface area contributed by atoms with Gasteiger partial charge in [-0.25, -0.2) is 0 Å². The van der Waals surface area contributed by atoms with Crippen LogP contribution in [0.15, 0.2) is 30.3 Å². The number of rotatable bonds is 4. The van der Waals surface area contributed by atoms with Gasteiger partial charge in [-0.3, -0.25) is 0 Å². The Bertz CT molecular complexity index is 480. The molecule has 116 valence electrons. The van der Waals surface area contributed by atoms with E-state index in [0.717, 1.165) is 13.2 Å². The molecule has 1 aliphatic carbocycles. The van der Waals surface area contributed by atoms with Gasteiger partial charge in [-0.1, -0.05) is 58.0 Å². The maximum absolute atomic E-state index is 6.00. The summed E-state index contributed by atoms with van der Waals surface area (Å²) in [5.74, 6) is 0.709. The van der Waals surface area contributed by atoms with E-state index < -0.39 is 0 Å². The van der Waals surface area contributed by atoms with Crippen molar-refractivity contribution in [1.82, 2.24) is 5.32 Å². The van der Waals surface area contributed by atoms with E-state index in [1.54, 1.807) is 0 Å². The highest BCUT2D eigenvalue weighted by Gasteiger charge is 2.57. The van der Waals surface area contributed by atoms with Crippen LogP contribution in [0.1, 0.15) is 46.1 Å². The van der Waals surface area contributed by atoms with Gasteiger partial charge in [-0.2, -0.15) is 0 Å². The second-order valence-electron chi connectivity index (χ2n) is 8.03. The van der Waals surface area contributed by atoms with Crippen molar-refractivity contribution in [3.8, 4) is 0 Å². The van der Waals surface area contributed by atoms with E-state index in [1.807, 2.05) is 0 Å². The lowest BCUT2D eigenvalue weighted by Crippen LogP contribution is -2.70. The molecule has 1 aromatic rings. The largest absolute Gasteiger partial charge is 0.377 e. The summed E-state index contributed by atoms with van der Waals surface area (Å²) in [7, 11) is 0. The summed E-state index contributed by atoms with van der Waals surface area (Å²) in [4.78, 5) is 0. The van der Waals surface area contributed by atoms with Crippen molar-refractivity contribution in [1.29, 1.82) is 0 Å². The Labute approximate surface area is 129 Å². The number of hydrogen-bond donors (Lipinski definition) is 1. The zero-order valence-corrected chi connectivity index (χ0v) is 13.9. The molecule has 1 N–H and O–H groups in total. The highest BCUT2D eigenvalue weighted by atomic mass is 16.5. The zero-order valence-electron chi connectivity index (χ0n) is 13.9. The van der Waals surface area contributed by atoms with Crippen LogP contribution in [0.5, 0.6) is 0 Å². The molecule has 21 heavy (non-hydrogen) atoms. The Morgan fingerprint density at radius 2 is 1.95 bits per heavy atom. The molecule has 3 rings (SSSR count). The van der Waals surface area contributed by atoms with E-state index in [9.17, 15) is 0 Å². The molecule has 1 saturated heterocycles. The van der Waals surface area contributed by atoms with Crippen molar-refractivity contribution in [2.75, 3.05) is 13.2 Å². The predicted octanol–water partition coefficient (Wildman–Crippen LogP) is 3.76. The maximum Gasteiger partial charge on any atom is 0.0684 e. The van der Waals surface area contributed by atoms with Crippen LogP contribution >= 0.6 is 0 Å². The highest BCUT2D eigenvalue weighted by molar-refractivity contribution is 5.24. The Kier molecular flexibility index (Phi) is 3.87. The first-order chi connectivity index (χ1) is 9.93. The molecule has 2 aliphatic rings. The first-order valence-corrected chi connectivity index (χ1v) is 8.33. The number of hydrogen-bond acceptors (Lipinski definition) is 2. The van der Waals surface area contributed by atoms with Crippen LogP contribution in [0.3, 0.4) is 0 Å². The molecule has 3 atom stereocenters. The minimum atomic E-state index is 0.165. The molecule has 0 aromatic heterocycles. The smallest absolute Gasteiger partial charge is 0.0684 e. The van der Waals surface area contributed by atoms with E-state index in [-0.39, 0.29) is 10.8 Å². The summed E-state index contributed by atoms with van der Waals surface area (Å²) < 4.78 is 6.00. The number of fused-ring (bicyclic) bond motifs is 1. The van der Waals surface area contributed by atoms with Gasteiger partial charge in [0.05, 0.1) is 6.10 Å². The molecule has 1 saturated carbocycles. The Morgan fingerprint density at radius 3 is 2.67 bits per heavy atom. The van der Waals surface area contributed by atoms with E-state index in [4.69, 9.17) is 4.74 Å². The van der Waals surface area contributed by atoms with Crippen molar-refractivity contribution in [2.45, 2.75) is 58.1 Å². The van der Waals surface area contributed by atoms with Crippen molar-refractivity contribution in [2.24, 2.45) is 11.3 Å². The molecule has 3 unspecified atom stereocenters. The molecule has 2 fully saturated rings. The number of benzene rings is 1. The standard InChI is InChI=1S/C19H29NO/c1-18(2,14-9-6-5-7-10-14)13-20-16-15-11-8-12-21-17(15)19(16,3)4/h5-7,9-10,15-17,20H,8,11-13H2,1-4H3. The second kappa shape index (κ2) is 5.40. The normalized spacial score (nSPS) is 31.3. The summed E-state index contributed by atoms with van der Waals surface area (Å²) in [5, 5.41) is 3.87. The topological polar surface area (TPSA) is 21.3 Å². The summed E-state index contributed by atoms with van der Waals surface area (Å²) in [6.07, 6.45) is 3.00. The molecule has 1 aliphatic heterocycles. The van der Waals surface area contributed by atoms with Gasteiger partial charge < -0.3 is 10.1 Å². The summed E-state index contributed by atoms with van der Waals surface area (Å²) in [6, 6.07) is 11.4. The van der Waals surface area contributed by atoms with E-state index in [2.05, 4.69) is 63.3 Å². The summed E-state index contributed by atoms with van der Waals surface area (Å²) in [6.45, 7) is 11.3. The summed E-state index contributed by atoms with van der Waals surface area (Å²) in [5.41, 5.74) is 1.83. The Morgan fingerprint density at radius 1 is 1.24 bits per heavy atom. The Hall–Kier alpha value is -0.860. The van der Waals surface area contributed by atoms with Crippen LogP contribution in [-0.2, 0) is 10.2 Å². The van der Waals surface area contributed by atoms with Crippen LogP contribution in [-0.4, -0.2) is 25.3 Å². The van der Waals surface area contributed by atoms with E-state index >= 15 is 0 Å². The monoisotopic (exact) mass is 287 g/mol. The van der Waals surface area contributed by atoms with Crippen molar-refractivity contribution in [3.05, 3.63) is 35.9 Å². The molecule has 2 heteroatoms. The maximum atomic E-state index is 6.00. The van der Waals surface area contributed by atoms with Gasteiger partial charge in [0.15, 0.2) is 0 Å². The third kappa shape index (κ3) is 2.64. The van der Waals surface area contributed by atoms with Crippen molar-refractivity contribution >= 4 is 0 Å². The minimum Gasteiger partial charge on any atom is -0.377 e. The lowest BCUT2D eigenvalue weighted by Gasteiger charge is -2.60. The van der Waals surface area contributed by atoms with Crippen molar-refractivity contribution < 1.29 is 4.74 Å². The third-order valence-electron chi connectivity index (χ3n) is 5.65. The number of ether oxygens (including phenoxy) is 1. The fourth-order valence-electron chi connectivity index (χ4n) is 4.29. The highest BCUT2D eigenvalue weighted by Crippen LogP contribution is 2.51. The molecule has 0 radical (unpaired) electrons. The zero-order chi connectivity index (χ0) is 15.1. The quantitative estimate of drug-likeness (QED) is 0.910. The molecular formula is C19H29NO. The second-order valence-corrected chi connectivity index (χ2v) is 8.03. The fraction of sp³-hybridized carbons (Fsp3) is 0.684. The SMILES string of the molecule is CC(C)(CNC1C2CCCOC2C1(C)C)c1ccccc1. The van der Waals surface area contributed by atoms with Gasteiger partial charge in [0.1, 0.15) is 0 Å². The van der Waals surface area contributed by atoms with Gasteiger partial charge in [-0.05, 0) is 18.4 Å². The fourth-order valence-corrected chi connectivity index (χ4v) is 4.29. The molecule has 0 bridgehead atoms. The van der Waals surface area contributed by atoms with Gasteiger partial charge in [0.2, 0.25) is 0 Å².